The van der Waals surface area contributed by atoms with Gasteiger partial charge in [-0.05, 0) is 55.7 Å². The van der Waals surface area contributed by atoms with Crippen molar-refractivity contribution >= 4 is 39.2 Å². The molecule has 8 heteroatoms. The number of ether oxygens (including phenoxy) is 1. The molecule has 0 spiro atoms. The van der Waals surface area contributed by atoms with E-state index >= 15 is 0 Å². The number of carboxylic acids is 1. The van der Waals surface area contributed by atoms with Crippen LogP contribution in [0.15, 0.2) is 66.7 Å². The molecule has 2 fully saturated rings. The predicted octanol–water partition coefficient (Wildman–Crippen LogP) is 6.07. The lowest BCUT2D eigenvalue weighted by atomic mass is 9.90. The minimum atomic E-state index is -1.07. The lowest BCUT2D eigenvalue weighted by Gasteiger charge is -2.29. The van der Waals surface area contributed by atoms with Crippen molar-refractivity contribution in [3.05, 3.63) is 72.3 Å². The van der Waals surface area contributed by atoms with Crippen LogP contribution in [0.2, 0.25) is 0 Å². The zero-order valence-electron chi connectivity index (χ0n) is 23.1. The summed E-state index contributed by atoms with van der Waals surface area (Å²) in [6, 6.07) is 17.1. The van der Waals surface area contributed by atoms with Gasteiger partial charge in [-0.3, -0.25) is 14.4 Å². The molecule has 1 saturated heterocycles. The first kappa shape index (κ1) is 27.6. The van der Waals surface area contributed by atoms with Gasteiger partial charge in [0, 0.05) is 18.8 Å². The van der Waals surface area contributed by atoms with Gasteiger partial charge in [-0.15, -0.1) is 0 Å². The van der Waals surface area contributed by atoms with E-state index in [9.17, 15) is 19.5 Å². The maximum atomic E-state index is 14.2. The second-order valence-corrected chi connectivity index (χ2v) is 12.8. The molecular formula is C33H36N2O5S. The lowest BCUT2D eigenvalue weighted by Crippen LogP contribution is -2.45. The molecule has 1 saturated carbocycles. The number of Topliss-reactive ketones (excluding diaryl/α,β-unsaturated/α-hetero) is 1. The van der Waals surface area contributed by atoms with Gasteiger partial charge in [0.1, 0.15) is 6.10 Å². The van der Waals surface area contributed by atoms with Gasteiger partial charge in [-0.2, -0.15) is 0 Å². The van der Waals surface area contributed by atoms with Crippen LogP contribution >= 0.6 is 11.3 Å². The van der Waals surface area contributed by atoms with Crippen molar-refractivity contribution in [3.8, 4) is 5.19 Å². The fraction of sp³-hybridized carbons (Fsp3) is 0.455. The molecule has 1 aromatic heterocycles. The number of fused-ring (bicyclic) bond motifs is 3. The molecule has 0 radical (unpaired) electrons. The third kappa shape index (κ3) is 5.94. The molecule has 2 aliphatic heterocycles. The number of allylic oxidation sites excluding steroid dienone is 2. The van der Waals surface area contributed by atoms with E-state index < -0.39 is 17.4 Å². The molecule has 1 amide bonds. The summed E-state index contributed by atoms with van der Waals surface area (Å²) in [7, 11) is 0. The number of para-hydroxylation sites is 1. The van der Waals surface area contributed by atoms with Gasteiger partial charge >= 0.3 is 5.97 Å². The van der Waals surface area contributed by atoms with E-state index in [4.69, 9.17) is 4.74 Å². The van der Waals surface area contributed by atoms with Crippen LogP contribution in [0.5, 0.6) is 5.19 Å². The summed E-state index contributed by atoms with van der Waals surface area (Å²) in [4.78, 5) is 46.8. The van der Waals surface area contributed by atoms with Crippen LogP contribution in [0.1, 0.15) is 56.9 Å². The van der Waals surface area contributed by atoms with Crippen LogP contribution in [0, 0.1) is 17.3 Å². The summed E-state index contributed by atoms with van der Waals surface area (Å²) in [5.74, 6) is -1.53. The number of nitrogens with zero attached hydrogens (tertiary/aromatic N) is 2. The van der Waals surface area contributed by atoms with Crippen molar-refractivity contribution in [2.24, 2.45) is 17.3 Å². The highest BCUT2D eigenvalue weighted by atomic mass is 32.1. The number of carbonyl (C=O) groups is 3. The number of hydrogen-bond donors (Lipinski definition) is 1. The van der Waals surface area contributed by atoms with Gasteiger partial charge in [-0.25, -0.2) is 4.98 Å². The number of aromatic nitrogens is 1. The Morgan fingerprint density at radius 1 is 1.07 bits per heavy atom. The maximum Gasteiger partial charge on any atom is 0.310 e. The average Bonchev–Trinajstić information content (AvgIpc) is 3.28. The van der Waals surface area contributed by atoms with Crippen LogP contribution in [-0.2, 0) is 20.8 Å². The summed E-state index contributed by atoms with van der Waals surface area (Å²) >= 11 is 1.45. The number of carbonyl (C=O) groups excluding carboxylic acids is 2. The highest BCUT2D eigenvalue weighted by Crippen LogP contribution is 2.57. The molecule has 0 unspecified atom stereocenters. The van der Waals surface area contributed by atoms with E-state index in [-0.39, 0.29) is 36.1 Å². The number of amides is 1. The minimum absolute atomic E-state index is 0.0349. The topological polar surface area (TPSA) is 96.8 Å². The fourth-order valence-electron chi connectivity index (χ4n) is 6.55. The van der Waals surface area contributed by atoms with Crippen molar-refractivity contribution in [2.75, 3.05) is 6.54 Å². The van der Waals surface area contributed by atoms with Crippen LogP contribution in [-0.4, -0.2) is 51.3 Å². The molecule has 3 aliphatic rings. The van der Waals surface area contributed by atoms with Crippen molar-refractivity contribution in [2.45, 2.75) is 69.9 Å². The molecule has 2 aromatic carbocycles. The molecule has 0 bridgehead atoms. The van der Waals surface area contributed by atoms with Crippen molar-refractivity contribution in [1.82, 2.24) is 9.88 Å². The minimum Gasteiger partial charge on any atom is -0.481 e. The quantitative estimate of drug-likeness (QED) is 0.373. The van der Waals surface area contributed by atoms with E-state index in [1.807, 2.05) is 60.7 Å². The number of ketones is 1. The van der Waals surface area contributed by atoms with E-state index in [0.29, 0.717) is 31.0 Å². The average molecular weight is 573 g/mol. The predicted molar refractivity (Wildman–Crippen MR) is 158 cm³/mol. The Hall–Kier alpha value is -3.52. The summed E-state index contributed by atoms with van der Waals surface area (Å²) < 4.78 is 7.31. The Kier molecular flexibility index (Phi) is 7.93. The standard InChI is InChI=1S/C33H36N2O5S/c36-28-20-33(31(38)39)19-24(33)14-8-3-1-2-7-13-23(17-22-11-5-4-6-12-22)30(37)35-21-25(18-27(28)35)40-32-34-26-15-9-10-16-29(26)41-32/h4-6,8-12,14-16,23-25,27H,1-3,7,13,17-21H2,(H,38,39)/b14-8-/t23-,24+,25-,27+,33-/m1/s1. The number of thiazole rings is 1. The first-order valence-electron chi connectivity index (χ1n) is 14.7. The van der Waals surface area contributed by atoms with Crippen LogP contribution in [0.3, 0.4) is 0 Å². The summed E-state index contributed by atoms with van der Waals surface area (Å²) in [6.45, 7) is 0.292. The van der Waals surface area contributed by atoms with E-state index in [0.717, 1.165) is 47.9 Å². The number of aliphatic carboxylic acids is 1. The summed E-state index contributed by atoms with van der Waals surface area (Å²) in [5.41, 5.74) is 0.881. The Bertz CT molecular complexity index is 1420. The second-order valence-electron chi connectivity index (χ2n) is 11.8. The van der Waals surface area contributed by atoms with Gasteiger partial charge in [-0.1, -0.05) is 78.8 Å². The molecule has 214 valence electrons. The molecule has 5 atom stereocenters. The van der Waals surface area contributed by atoms with Crippen molar-refractivity contribution in [3.63, 3.8) is 0 Å². The molecule has 6 rings (SSSR count). The SMILES string of the molecule is O=C1C[C@]2(C(=O)O)C[C@@H]2/C=C\CCCCC[C@H](Cc2ccccc2)C(=O)N2C[C@H](Oc3nc4ccccc4s3)C[C@@H]12. The van der Waals surface area contributed by atoms with Gasteiger partial charge < -0.3 is 14.7 Å². The van der Waals surface area contributed by atoms with E-state index in [1.165, 1.54) is 11.3 Å². The second kappa shape index (κ2) is 11.8. The van der Waals surface area contributed by atoms with Crippen molar-refractivity contribution < 1.29 is 24.2 Å². The summed E-state index contributed by atoms with van der Waals surface area (Å²) in [5, 5.41) is 10.6. The molecule has 41 heavy (non-hydrogen) atoms. The number of rotatable bonds is 5. The van der Waals surface area contributed by atoms with E-state index in [1.54, 1.807) is 4.90 Å². The Morgan fingerprint density at radius 3 is 2.68 bits per heavy atom. The Morgan fingerprint density at radius 2 is 1.88 bits per heavy atom. The highest BCUT2D eigenvalue weighted by Gasteiger charge is 2.61. The molecule has 1 aliphatic carbocycles. The molecule has 7 nitrogen and oxygen atoms in total. The van der Waals surface area contributed by atoms with Gasteiger partial charge in [0.15, 0.2) is 5.78 Å². The Balaban J connectivity index is 1.28. The molecular weight excluding hydrogens is 536 g/mol. The first-order valence-corrected chi connectivity index (χ1v) is 15.5. The summed E-state index contributed by atoms with van der Waals surface area (Å²) in [6.07, 6.45) is 9.61. The number of carboxylic acid groups (broad SMARTS) is 1. The van der Waals surface area contributed by atoms with Gasteiger partial charge in [0.05, 0.1) is 28.2 Å². The zero-order chi connectivity index (χ0) is 28.4. The highest BCUT2D eigenvalue weighted by molar-refractivity contribution is 7.20. The number of benzene rings is 2. The monoisotopic (exact) mass is 572 g/mol. The molecule has 3 heterocycles. The van der Waals surface area contributed by atoms with Crippen LogP contribution in [0.25, 0.3) is 10.2 Å². The van der Waals surface area contributed by atoms with Crippen molar-refractivity contribution in [1.29, 1.82) is 0 Å². The first-order chi connectivity index (χ1) is 19.9. The third-order valence-electron chi connectivity index (χ3n) is 8.97. The van der Waals surface area contributed by atoms with Gasteiger partial charge in [0.2, 0.25) is 5.91 Å². The third-order valence-corrected chi connectivity index (χ3v) is 9.90. The van der Waals surface area contributed by atoms with E-state index in [2.05, 4.69) is 11.1 Å². The van der Waals surface area contributed by atoms with Crippen LogP contribution in [0.4, 0.5) is 0 Å². The largest absolute Gasteiger partial charge is 0.481 e. The zero-order valence-corrected chi connectivity index (χ0v) is 23.9. The fourth-order valence-corrected chi connectivity index (χ4v) is 7.43. The number of hydrogen-bond acceptors (Lipinski definition) is 6. The normalized spacial score (nSPS) is 29.7. The smallest absolute Gasteiger partial charge is 0.310 e. The molecule has 1 N–H and O–H groups in total. The maximum absolute atomic E-state index is 14.2. The Labute approximate surface area is 244 Å². The lowest BCUT2D eigenvalue weighted by molar-refractivity contribution is -0.147. The van der Waals surface area contributed by atoms with Crippen LogP contribution < -0.4 is 4.74 Å². The van der Waals surface area contributed by atoms with Gasteiger partial charge in [0.25, 0.3) is 5.19 Å². The molecule has 3 aromatic rings.